The average Bonchev–Trinajstić information content (AvgIpc) is 2.32. The van der Waals surface area contributed by atoms with E-state index in [-0.39, 0.29) is 0 Å². The van der Waals surface area contributed by atoms with Crippen molar-refractivity contribution in [1.29, 1.82) is 0 Å². The molecule has 2 heteroatoms. The van der Waals surface area contributed by atoms with Gasteiger partial charge in [0.05, 0.1) is 0 Å². The molecular formula is C14H28N2. The lowest BCUT2D eigenvalue weighted by molar-refractivity contribution is 0.0856. The Kier molecular flexibility index (Phi) is 4.26. The first kappa shape index (κ1) is 12.4. The number of nitrogens with one attached hydrogen (secondary N) is 1. The molecule has 2 aliphatic rings. The molecule has 0 spiro atoms. The normalized spacial score (nSPS) is 28.9. The number of nitrogens with two attached hydrogens (primary N) is 1. The fourth-order valence-corrected chi connectivity index (χ4v) is 4.04. The Balaban J connectivity index is 2.01. The molecular weight excluding hydrogens is 196 g/mol. The quantitative estimate of drug-likeness (QED) is 0.570. The molecule has 0 aromatic heterocycles. The van der Waals surface area contributed by atoms with E-state index in [1.54, 1.807) is 0 Å². The molecule has 0 aromatic carbocycles. The monoisotopic (exact) mass is 224 g/mol. The molecule has 2 nitrogen and oxygen atoms in total. The molecule has 16 heavy (non-hydrogen) atoms. The first-order valence-corrected chi connectivity index (χ1v) is 7.22. The number of hydrogen-bond acceptors (Lipinski definition) is 2. The van der Waals surface area contributed by atoms with Crippen LogP contribution in [0, 0.1) is 11.3 Å². The van der Waals surface area contributed by atoms with E-state index in [1.165, 1.54) is 64.2 Å². The van der Waals surface area contributed by atoms with Crippen LogP contribution < -0.4 is 11.3 Å². The van der Waals surface area contributed by atoms with Gasteiger partial charge in [-0.25, -0.2) is 0 Å². The molecule has 2 fully saturated rings. The standard InChI is InChI=1S/C14H28N2/c1-14(10-6-3-7-11-14)13(16-15)12-8-4-2-5-9-12/h12-13,16H,2-11,15H2,1H3. The van der Waals surface area contributed by atoms with E-state index in [2.05, 4.69) is 12.3 Å². The molecule has 1 atom stereocenters. The Hall–Kier alpha value is -0.0800. The molecule has 2 rings (SSSR count). The van der Waals surface area contributed by atoms with Gasteiger partial charge in [0.1, 0.15) is 0 Å². The van der Waals surface area contributed by atoms with Crippen LogP contribution in [0.3, 0.4) is 0 Å². The topological polar surface area (TPSA) is 38.0 Å². The Morgan fingerprint density at radius 1 is 1.00 bits per heavy atom. The van der Waals surface area contributed by atoms with Crippen LogP contribution in [-0.4, -0.2) is 6.04 Å². The summed E-state index contributed by atoms with van der Waals surface area (Å²) >= 11 is 0. The van der Waals surface area contributed by atoms with Gasteiger partial charge in [0, 0.05) is 6.04 Å². The van der Waals surface area contributed by atoms with Gasteiger partial charge >= 0.3 is 0 Å². The van der Waals surface area contributed by atoms with Gasteiger partial charge in [-0.3, -0.25) is 11.3 Å². The lowest BCUT2D eigenvalue weighted by Crippen LogP contribution is -2.52. The molecule has 0 saturated heterocycles. The van der Waals surface area contributed by atoms with E-state index in [0.717, 1.165) is 5.92 Å². The van der Waals surface area contributed by atoms with Crippen molar-refractivity contribution in [1.82, 2.24) is 5.43 Å². The molecule has 0 heterocycles. The van der Waals surface area contributed by atoms with Crippen molar-refractivity contribution in [2.75, 3.05) is 0 Å². The second-order valence-electron chi connectivity index (χ2n) is 6.26. The van der Waals surface area contributed by atoms with Crippen molar-refractivity contribution in [2.24, 2.45) is 17.2 Å². The lowest BCUT2D eigenvalue weighted by atomic mass is 9.65. The number of hydrazine groups is 1. The van der Waals surface area contributed by atoms with Gasteiger partial charge in [-0.2, -0.15) is 0 Å². The maximum absolute atomic E-state index is 5.87. The van der Waals surface area contributed by atoms with E-state index < -0.39 is 0 Å². The second-order valence-corrected chi connectivity index (χ2v) is 6.26. The second kappa shape index (κ2) is 5.50. The van der Waals surface area contributed by atoms with E-state index in [9.17, 15) is 0 Å². The van der Waals surface area contributed by atoms with E-state index in [4.69, 9.17) is 5.84 Å². The maximum Gasteiger partial charge on any atom is 0.0292 e. The SMILES string of the molecule is CC1(C(NN)C2CCCCC2)CCCCC1. The van der Waals surface area contributed by atoms with Crippen LogP contribution in [0.1, 0.15) is 71.1 Å². The Labute approximate surface area is 100 Å². The third-order valence-corrected chi connectivity index (χ3v) is 5.05. The van der Waals surface area contributed by atoms with Gasteiger partial charge in [-0.05, 0) is 37.0 Å². The summed E-state index contributed by atoms with van der Waals surface area (Å²) in [6.45, 7) is 2.46. The van der Waals surface area contributed by atoms with Gasteiger partial charge in [-0.15, -0.1) is 0 Å². The average molecular weight is 224 g/mol. The summed E-state index contributed by atoms with van der Waals surface area (Å²) in [6, 6.07) is 0.563. The molecule has 0 radical (unpaired) electrons. The Bertz CT molecular complexity index is 203. The zero-order chi connectivity index (χ0) is 11.4. The molecule has 0 aliphatic heterocycles. The van der Waals surface area contributed by atoms with Gasteiger partial charge in [0.2, 0.25) is 0 Å². The number of hydrogen-bond donors (Lipinski definition) is 2. The minimum Gasteiger partial charge on any atom is -0.271 e. The zero-order valence-electron chi connectivity index (χ0n) is 10.8. The van der Waals surface area contributed by atoms with Crippen LogP contribution in [0.25, 0.3) is 0 Å². The van der Waals surface area contributed by atoms with Gasteiger partial charge in [-0.1, -0.05) is 45.4 Å². The molecule has 2 aliphatic carbocycles. The van der Waals surface area contributed by atoms with Crippen LogP contribution in [0.15, 0.2) is 0 Å². The minimum atomic E-state index is 0.467. The van der Waals surface area contributed by atoms with Gasteiger partial charge in [0.15, 0.2) is 0 Å². The summed E-state index contributed by atoms with van der Waals surface area (Å²) < 4.78 is 0. The van der Waals surface area contributed by atoms with Crippen molar-refractivity contribution < 1.29 is 0 Å². The highest BCUT2D eigenvalue weighted by atomic mass is 15.2. The smallest absolute Gasteiger partial charge is 0.0292 e. The predicted octanol–water partition coefficient (Wildman–Crippen LogP) is 3.37. The molecule has 3 N–H and O–H groups in total. The zero-order valence-corrected chi connectivity index (χ0v) is 10.8. The predicted molar refractivity (Wildman–Crippen MR) is 68.9 cm³/mol. The fraction of sp³-hybridized carbons (Fsp3) is 1.00. The van der Waals surface area contributed by atoms with Crippen molar-refractivity contribution in [2.45, 2.75) is 77.2 Å². The highest BCUT2D eigenvalue weighted by Gasteiger charge is 2.39. The maximum atomic E-state index is 5.87. The number of rotatable bonds is 3. The third kappa shape index (κ3) is 2.60. The largest absolute Gasteiger partial charge is 0.271 e. The highest BCUT2D eigenvalue weighted by Crippen LogP contribution is 2.43. The van der Waals surface area contributed by atoms with Crippen LogP contribution in [0.2, 0.25) is 0 Å². The van der Waals surface area contributed by atoms with Crippen LogP contribution in [0.4, 0.5) is 0 Å². The van der Waals surface area contributed by atoms with E-state index >= 15 is 0 Å². The summed E-state index contributed by atoms with van der Waals surface area (Å²) in [5.41, 5.74) is 3.65. The van der Waals surface area contributed by atoms with E-state index in [1.807, 2.05) is 0 Å². The first-order valence-electron chi connectivity index (χ1n) is 7.22. The molecule has 94 valence electrons. The molecule has 0 bridgehead atoms. The summed E-state index contributed by atoms with van der Waals surface area (Å²) in [5.74, 6) is 6.70. The van der Waals surface area contributed by atoms with Gasteiger partial charge in [0.25, 0.3) is 0 Å². The van der Waals surface area contributed by atoms with Crippen molar-refractivity contribution in [3.05, 3.63) is 0 Å². The van der Waals surface area contributed by atoms with Crippen molar-refractivity contribution in [3.63, 3.8) is 0 Å². The molecule has 2 saturated carbocycles. The van der Waals surface area contributed by atoms with Crippen LogP contribution in [-0.2, 0) is 0 Å². The van der Waals surface area contributed by atoms with Crippen molar-refractivity contribution in [3.8, 4) is 0 Å². The summed E-state index contributed by atoms with van der Waals surface area (Å²) in [4.78, 5) is 0. The summed E-state index contributed by atoms with van der Waals surface area (Å²) in [7, 11) is 0. The Morgan fingerprint density at radius 2 is 1.56 bits per heavy atom. The van der Waals surface area contributed by atoms with Crippen LogP contribution in [0.5, 0.6) is 0 Å². The van der Waals surface area contributed by atoms with Gasteiger partial charge < -0.3 is 0 Å². The van der Waals surface area contributed by atoms with Crippen molar-refractivity contribution >= 4 is 0 Å². The molecule has 0 amide bonds. The highest BCUT2D eigenvalue weighted by molar-refractivity contribution is 4.93. The molecule has 0 aromatic rings. The molecule has 1 unspecified atom stereocenters. The minimum absolute atomic E-state index is 0.467. The van der Waals surface area contributed by atoms with Crippen LogP contribution >= 0.6 is 0 Å². The Morgan fingerprint density at radius 3 is 2.12 bits per heavy atom. The summed E-state index contributed by atoms with van der Waals surface area (Å²) in [5, 5.41) is 0. The third-order valence-electron chi connectivity index (χ3n) is 5.05. The van der Waals surface area contributed by atoms with E-state index in [0.29, 0.717) is 11.5 Å². The first-order chi connectivity index (χ1) is 7.76. The lowest BCUT2D eigenvalue weighted by Gasteiger charge is -2.45. The summed E-state index contributed by atoms with van der Waals surface area (Å²) in [6.07, 6.45) is 14.0. The fourth-order valence-electron chi connectivity index (χ4n) is 4.04.